The fourth-order valence-corrected chi connectivity index (χ4v) is 4.59. The topological polar surface area (TPSA) is 21.3 Å². The SMILES string of the molecule is CCOC1CC(Nc2cccc(I)c2)C12CCCCC2. The minimum Gasteiger partial charge on any atom is -0.382 e. The highest BCUT2D eigenvalue weighted by atomic mass is 127. The average molecular weight is 385 g/mol. The minimum absolute atomic E-state index is 0.398. The summed E-state index contributed by atoms with van der Waals surface area (Å²) in [6.45, 7) is 2.97. The van der Waals surface area contributed by atoms with Gasteiger partial charge in [0.1, 0.15) is 0 Å². The van der Waals surface area contributed by atoms with Crippen LogP contribution in [0.4, 0.5) is 5.69 Å². The predicted molar refractivity (Wildman–Crippen MR) is 92.1 cm³/mol. The second-order valence-corrected chi connectivity index (χ2v) is 7.43. The number of rotatable bonds is 4. The largest absolute Gasteiger partial charge is 0.382 e. The number of halogens is 1. The van der Waals surface area contributed by atoms with Gasteiger partial charge in [-0.2, -0.15) is 0 Å². The Labute approximate surface area is 135 Å². The van der Waals surface area contributed by atoms with Crippen LogP contribution in [0, 0.1) is 8.99 Å². The molecule has 0 heterocycles. The van der Waals surface area contributed by atoms with Crippen molar-refractivity contribution in [3.05, 3.63) is 27.8 Å². The Hall–Kier alpha value is -0.290. The van der Waals surface area contributed by atoms with E-state index in [0.29, 0.717) is 17.6 Å². The molecular weight excluding hydrogens is 361 g/mol. The van der Waals surface area contributed by atoms with Gasteiger partial charge in [-0.1, -0.05) is 25.3 Å². The summed E-state index contributed by atoms with van der Waals surface area (Å²) in [5, 5.41) is 3.78. The fourth-order valence-electron chi connectivity index (χ4n) is 4.05. The molecule has 2 aliphatic carbocycles. The van der Waals surface area contributed by atoms with Gasteiger partial charge in [0.25, 0.3) is 0 Å². The summed E-state index contributed by atoms with van der Waals surface area (Å²) in [6, 6.07) is 9.30. The summed E-state index contributed by atoms with van der Waals surface area (Å²) in [5.74, 6) is 0. The molecule has 2 atom stereocenters. The molecule has 3 heteroatoms. The lowest BCUT2D eigenvalue weighted by Crippen LogP contribution is -2.62. The average Bonchev–Trinajstić information content (AvgIpc) is 2.47. The van der Waals surface area contributed by atoms with Gasteiger partial charge in [-0.05, 0) is 67.0 Å². The van der Waals surface area contributed by atoms with E-state index in [4.69, 9.17) is 4.74 Å². The summed E-state index contributed by atoms with van der Waals surface area (Å²) < 4.78 is 7.32. The van der Waals surface area contributed by atoms with Crippen molar-refractivity contribution in [2.75, 3.05) is 11.9 Å². The van der Waals surface area contributed by atoms with E-state index in [0.717, 1.165) is 6.61 Å². The molecule has 0 amide bonds. The van der Waals surface area contributed by atoms with Crippen LogP contribution in [0.2, 0.25) is 0 Å². The van der Waals surface area contributed by atoms with Crippen LogP contribution >= 0.6 is 22.6 Å². The number of nitrogens with one attached hydrogen (secondary N) is 1. The summed E-state index contributed by atoms with van der Waals surface area (Å²) in [6.07, 6.45) is 8.45. The normalized spacial score (nSPS) is 28.1. The van der Waals surface area contributed by atoms with Crippen LogP contribution < -0.4 is 5.32 Å². The van der Waals surface area contributed by atoms with Gasteiger partial charge < -0.3 is 10.1 Å². The molecule has 1 aromatic rings. The Morgan fingerprint density at radius 3 is 2.80 bits per heavy atom. The molecule has 1 spiro atoms. The van der Waals surface area contributed by atoms with E-state index in [2.05, 4.69) is 59.1 Å². The first-order valence-corrected chi connectivity index (χ1v) is 8.96. The van der Waals surface area contributed by atoms with Crippen molar-refractivity contribution in [3.8, 4) is 0 Å². The quantitative estimate of drug-likeness (QED) is 0.750. The maximum Gasteiger partial charge on any atom is 0.0670 e. The van der Waals surface area contributed by atoms with E-state index in [-0.39, 0.29) is 0 Å². The molecule has 2 nitrogen and oxygen atoms in total. The molecule has 2 saturated carbocycles. The molecule has 0 aromatic heterocycles. The molecule has 110 valence electrons. The highest BCUT2D eigenvalue weighted by molar-refractivity contribution is 14.1. The van der Waals surface area contributed by atoms with E-state index in [1.165, 1.54) is 47.8 Å². The Morgan fingerprint density at radius 1 is 1.30 bits per heavy atom. The zero-order valence-electron chi connectivity index (χ0n) is 12.2. The number of hydrogen-bond donors (Lipinski definition) is 1. The molecule has 2 fully saturated rings. The lowest BCUT2D eigenvalue weighted by molar-refractivity contribution is -0.134. The first kappa shape index (κ1) is 14.6. The standard InChI is InChI=1S/C17H24INO/c1-2-20-16-12-15(17(16)9-4-3-5-10-17)19-14-8-6-7-13(18)11-14/h6-8,11,15-16,19H,2-5,9-10,12H2,1H3. The molecule has 3 rings (SSSR count). The van der Waals surface area contributed by atoms with Crippen molar-refractivity contribution in [2.45, 2.75) is 57.6 Å². The molecule has 2 unspecified atom stereocenters. The molecule has 1 aromatic carbocycles. The second-order valence-electron chi connectivity index (χ2n) is 6.18. The Balaban J connectivity index is 1.73. The van der Waals surface area contributed by atoms with E-state index < -0.39 is 0 Å². The lowest BCUT2D eigenvalue weighted by atomic mass is 9.55. The highest BCUT2D eigenvalue weighted by Crippen LogP contribution is 2.54. The van der Waals surface area contributed by atoms with E-state index >= 15 is 0 Å². The smallest absolute Gasteiger partial charge is 0.0670 e. The van der Waals surface area contributed by atoms with Crippen LogP contribution in [-0.2, 0) is 4.74 Å². The van der Waals surface area contributed by atoms with Crippen molar-refractivity contribution in [1.29, 1.82) is 0 Å². The third-order valence-corrected chi connectivity index (χ3v) is 5.77. The number of benzene rings is 1. The van der Waals surface area contributed by atoms with E-state index in [1.807, 2.05) is 0 Å². The van der Waals surface area contributed by atoms with Crippen LogP contribution in [0.15, 0.2) is 24.3 Å². The van der Waals surface area contributed by atoms with Crippen LogP contribution in [0.3, 0.4) is 0 Å². The first-order chi connectivity index (χ1) is 9.74. The monoisotopic (exact) mass is 385 g/mol. The molecular formula is C17H24INO. The van der Waals surface area contributed by atoms with Gasteiger partial charge in [0.2, 0.25) is 0 Å². The number of anilines is 1. The van der Waals surface area contributed by atoms with Crippen molar-refractivity contribution in [2.24, 2.45) is 5.41 Å². The van der Waals surface area contributed by atoms with Gasteiger partial charge in [-0.25, -0.2) is 0 Å². The Kier molecular flexibility index (Phi) is 4.55. The zero-order valence-corrected chi connectivity index (χ0v) is 14.4. The van der Waals surface area contributed by atoms with Gasteiger partial charge in [0.05, 0.1) is 6.10 Å². The maximum atomic E-state index is 6.02. The van der Waals surface area contributed by atoms with Crippen LogP contribution in [0.5, 0.6) is 0 Å². The van der Waals surface area contributed by atoms with Gasteiger partial charge in [-0.15, -0.1) is 0 Å². The number of hydrogen-bond acceptors (Lipinski definition) is 2. The van der Waals surface area contributed by atoms with Gasteiger partial charge in [-0.3, -0.25) is 0 Å². The predicted octanol–water partition coefficient (Wildman–Crippen LogP) is 4.83. The van der Waals surface area contributed by atoms with E-state index in [9.17, 15) is 0 Å². The lowest BCUT2D eigenvalue weighted by Gasteiger charge is -2.58. The van der Waals surface area contributed by atoms with Gasteiger partial charge in [0.15, 0.2) is 0 Å². The fraction of sp³-hybridized carbons (Fsp3) is 0.647. The van der Waals surface area contributed by atoms with Gasteiger partial charge >= 0.3 is 0 Å². The molecule has 0 saturated heterocycles. The second kappa shape index (κ2) is 6.22. The van der Waals surface area contributed by atoms with Crippen molar-refractivity contribution < 1.29 is 4.74 Å². The molecule has 0 aliphatic heterocycles. The molecule has 0 radical (unpaired) electrons. The zero-order chi connectivity index (χ0) is 14.0. The molecule has 1 N–H and O–H groups in total. The first-order valence-electron chi connectivity index (χ1n) is 7.88. The van der Waals surface area contributed by atoms with Crippen molar-refractivity contribution >= 4 is 28.3 Å². The Morgan fingerprint density at radius 2 is 2.10 bits per heavy atom. The molecule has 0 bridgehead atoms. The summed E-state index contributed by atoms with van der Waals surface area (Å²) in [5.41, 5.74) is 1.66. The van der Waals surface area contributed by atoms with Crippen LogP contribution in [0.1, 0.15) is 45.4 Å². The third-order valence-electron chi connectivity index (χ3n) is 5.10. The summed E-state index contributed by atoms with van der Waals surface area (Å²) in [4.78, 5) is 0. The third kappa shape index (κ3) is 2.71. The van der Waals surface area contributed by atoms with Crippen molar-refractivity contribution in [1.82, 2.24) is 0 Å². The summed E-state index contributed by atoms with van der Waals surface area (Å²) in [7, 11) is 0. The maximum absolute atomic E-state index is 6.02. The van der Waals surface area contributed by atoms with Crippen molar-refractivity contribution in [3.63, 3.8) is 0 Å². The Bertz CT molecular complexity index is 456. The number of ether oxygens (including phenoxy) is 1. The molecule has 2 aliphatic rings. The summed E-state index contributed by atoms with van der Waals surface area (Å²) >= 11 is 2.38. The highest BCUT2D eigenvalue weighted by Gasteiger charge is 2.55. The van der Waals surface area contributed by atoms with E-state index in [1.54, 1.807) is 0 Å². The van der Waals surface area contributed by atoms with Crippen LogP contribution in [0.25, 0.3) is 0 Å². The molecule has 20 heavy (non-hydrogen) atoms. The minimum atomic E-state index is 0.398. The van der Waals surface area contributed by atoms with Gasteiger partial charge in [0, 0.05) is 27.3 Å². The van der Waals surface area contributed by atoms with Crippen LogP contribution in [-0.4, -0.2) is 18.8 Å².